The number of esters is 1. The molecule has 0 amide bonds. The van der Waals surface area contributed by atoms with Gasteiger partial charge in [-0.15, -0.1) is 0 Å². The van der Waals surface area contributed by atoms with Crippen molar-refractivity contribution in [3.63, 3.8) is 0 Å². The largest absolute Gasteiger partial charge is 0.465 e. The van der Waals surface area contributed by atoms with Crippen LogP contribution in [0, 0.1) is 5.82 Å². The first-order chi connectivity index (χ1) is 10.4. The molecule has 0 radical (unpaired) electrons. The van der Waals surface area contributed by atoms with Crippen molar-refractivity contribution < 1.29 is 23.0 Å². The Balaban J connectivity index is 2.12. The quantitative estimate of drug-likeness (QED) is 0.621. The van der Waals surface area contributed by atoms with Crippen LogP contribution in [0.1, 0.15) is 32.6 Å². The van der Waals surface area contributed by atoms with E-state index in [0.717, 1.165) is 12.8 Å². The molecule has 1 atom stereocenters. The van der Waals surface area contributed by atoms with Gasteiger partial charge in [0.2, 0.25) is 0 Å². The van der Waals surface area contributed by atoms with Crippen LogP contribution in [-0.4, -0.2) is 18.1 Å². The minimum atomic E-state index is -3.82. The smallest absolute Gasteiger partial charge is 0.410 e. The summed E-state index contributed by atoms with van der Waals surface area (Å²) >= 11 is 5.95. The van der Waals surface area contributed by atoms with E-state index in [1.165, 1.54) is 24.3 Å². The van der Waals surface area contributed by atoms with Crippen molar-refractivity contribution in [1.29, 1.82) is 0 Å². The third-order valence-corrected chi connectivity index (χ3v) is 5.11. The zero-order chi connectivity index (χ0) is 16.2. The summed E-state index contributed by atoms with van der Waals surface area (Å²) in [5.74, 6) is -0.760. The number of carbonyl (C=O) groups excluding carboxylic acids is 1. The zero-order valence-corrected chi connectivity index (χ0v) is 13.8. The Hall–Kier alpha value is -1.10. The number of benzene rings is 1. The molecular weight excluding hydrogens is 332 g/mol. The standard InChI is InChI=1S/C14H18ClFNO4P/c1-2-20-13(18)14(9-3-4-10-14)17-22(15,19)21-12-7-5-11(16)6-8-12/h5-8H,2-4,9-10H2,1H3,(H,17,19). The van der Waals surface area contributed by atoms with Gasteiger partial charge in [0.25, 0.3) is 0 Å². The molecule has 0 aromatic heterocycles. The number of ether oxygens (including phenoxy) is 1. The summed E-state index contributed by atoms with van der Waals surface area (Å²) in [6.45, 7) is -1.89. The van der Waals surface area contributed by atoms with Gasteiger partial charge >= 0.3 is 12.8 Å². The maximum atomic E-state index is 12.9. The van der Waals surface area contributed by atoms with E-state index in [1.807, 2.05) is 0 Å². The molecule has 1 aromatic carbocycles. The van der Waals surface area contributed by atoms with Crippen LogP contribution < -0.4 is 9.61 Å². The van der Waals surface area contributed by atoms with E-state index in [4.69, 9.17) is 20.5 Å². The van der Waals surface area contributed by atoms with Crippen molar-refractivity contribution in [1.82, 2.24) is 5.09 Å². The van der Waals surface area contributed by atoms with Crippen molar-refractivity contribution in [2.45, 2.75) is 38.1 Å². The van der Waals surface area contributed by atoms with Gasteiger partial charge in [0.1, 0.15) is 17.1 Å². The van der Waals surface area contributed by atoms with Gasteiger partial charge in [0.05, 0.1) is 6.61 Å². The topological polar surface area (TPSA) is 64.6 Å². The monoisotopic (exact) mass is 349 g/mol. The maximum absolute atomic E-state index is 12.9. The Bertz CT molecular complexity index is 575. The molecule has 22 heavy (non-hydrogen) atoms. The molecule has 5 nitrogen and oxygen atoms in total. The summed E-state index contributed by atoms with van der Waals surface area (Å²) in [5, 5.41) is 2.65. The second-order valence-corrected chi connectivity index (χ2v) is 7.85. The molecule has 1 aliphatic rings. The average Bonchev–Trinajstić information content (AvgIpc) is 2.90. The summed E-state index contributed by atoms with van der Waals surface area (Å²) in [6.07, 6.45) is 2.57. The van der Waals surface area contributed by atoms with E-state index in [9.17, 15) is 13.8 Å². The van der Waals surface area contributed by atoms with Crippen LogP contribution in [0.2, 0.25) is 0 Å². The fourth-order valence-electron chi connectivity index (χ4n) is 2.52. The van der Waals surface area contributed by atoms with Crippen LogP contribution in [0.5, 0.6) is 5.75 Å². The Kier molecular flexibility index (Phi) is 5.48. The average molecular weight is 350 g/mol. The molecule has 1 fully saturated rings. The predicted octanol–water partition coefficient (Wildman–Crippen LogP) is 4.02. The number of carbonyl (C=O) groups is 1. The van der Waals surface area contributed by atoms with Crippen molar-refractivity contribution >= 4 is 24.1 Å². The molecule has 0 heterocycles. The first-order valence-electron chi connectivity index (χ1n) is 7.08. The van der Waals surface area contributed by atoms with Crippen LogP contribution in [0.25, 0.3) is 0 Å². The van der Waals surface area contributed by atoms with Gasteiger partial charge in [-0.1, -0.05) is 12.8 Å². The highest BCUT2D eigenvalue weighted by Gasteiger charge is 2.47. The lowest BCUT2D eigenvalue weighted by Crippen LogP contribution is -2.49. The molecule has 8 heteroatoms. The lowest BCUT2D eigenvalue weighted by molar-refractivity contribution is -0.150. The Morgan fingerprint density at radius 1 is 1.36 bits per heavy atom. The van der Waals surface area contributed by atoms with Gasteiger partial charge in [0.15, 0.2) is 0 Å². The number of hydrogen-bond acceptors (Lipinski definition) is 4. The Labute approximate surface area is 133 Å². The first kappa shape index (κ1) is 17.3. The molecule has 2 rings (SSSR count). The third-order valence-electron chi connectivity index (χ3n) is 3.51. The van der Waals surface area contributed by atoms with Gasteiger partial charge in [-0.25, -0.2) is 14.0 Å². The second kappa shape index (κ2) is 6.99. The number of nitrogens with one attached hydrogen (secondary N) is 1. The van der Waals surface area contributed by atoms with E-state index >= 15 is 0 Å². The van der Waals surface area contributed by atoms with Gasteiger partial charge < -0.3 is 9.26 Å². The summed E-state index contributed by atoms with van der Waals surface area (Å²) in [6, 6.07) is 4.97. The van der Waals surface area contributed by atoms with E-state index in [-0.39, 0.29) is 12.4 Å². The van der Waals surface area contributed by atoms with Crippen molar-refractivity contribution in [3.05, 3.63) is 30.1 Å². The highest BCUT2D eigenvalue weighted by atomic mass is 35.7. The van der Waals surface area contributed by atoms with E-state index < -0.39 is 24.2 Å². The molecule has 122 valence electrons. The fraction of sp³-hybridized carbons (Fsp3) is 0.500. The van der Waals surface area contributed by atoms with Crippen LogP contribution >= 0.6 is 18.1 Å². The van der Waals surface area contributed by atoms with Crippen LogP contribution in [0.3, 0.4) is 0 Å². The lowest BCUT2D eigenvalue weighted by atomic mass is 10.00. The second-order valence-electron chi connectivity index (χ2n) is 5.15. The maximum Gasteiger partial charge on any atom is 0.410 e. The van der Waals surface area contributed by atoms with Crippen molar-refractivity contribution in [2.24, 2.45) is 0 Å². The summed E-state index contributed by atoms with van der Waals surface area (Å²) < 4.78 is 35.6. The molecule has 1 unspecified atom stereocenters. The molecule has 1 aliphatic carbocycles. The van der Waals surface area contributed by atoms with E-state index in [2.05, 4.69) is 5.09 Å². The van der Waals surface area contributed by atoms with Gasteiger partial charge in [0, 0.05) is 11.2 Å². The minimum absolute atomic E-state index is 0.157. The predicted molar refractivity (Wildman–Crippen MR) is 81.5 cm³/mol. The summed E-state index contributed by atoms with van der Waals surface area (Å²) in [7, 11) is 0. The molecule has 0 aliphatic heterocycles. The molecule has 1 N–H and O–H groups in total. The van der Waals surface area contributed by atoms with Crippen LogP contribution in [-0.2, 0) is 14.1 Å². The highest BCUT2D eigenvalue weighted by Crippen LogP contribution is 2.52. The first-order valence-corrected chi connectivity index (χ1v) is 9.61. The fourth-order valence-corrected chi connectivity index (χ4v) is 4.51. The normalized spacial score (nSPS) is 19.4. The summed E-state index contributed by atoms with van der Waals surface area (Å²) in [5.41, 5.74) is -1.09. The van der Waals surface area contributed by atoms with Crippen LogP contribution in [0.15, 0.2) is 24.3 Å². The lowest BCUT2D eigenvalue weighted by Gasteiger charge is -2.29. The van der Waals surface area contributed by atoms with E-state index in [1.54, 1.807) is 6.92 Å². The number of rotatable bonds is 6. The van der Waals surface area contributed by atoms with Gasteiger partial charge in [-0.3, -0.25) is 4.79 Å². The molecule has 0 spiro atoms. The van der Waals surface area contributed by atoms with Crippen LogP contribution in [0.4, 0.5) is 4.39 Å². The SMILES string of the molecule is CCOC(=O)C1(NP(=O)(Cl)Oc2ccc(F)cc2)CCCC1. The van der Waals surface area contributed by atoms with E-state index in [0.29, 0.717) is 12.8 Å². The molecule has 0 bridgehead atoms. The molecule has 1 aromatic rings. The number of hydrogen-bond donors (Lipinski definition) is 1. The van der Waals surface area contributed by atoms with Gasteiger partial charge in [-0.2, -0.15) is 0 Å². The van der Waals surface area contributed by atoms with Crippen molar-refractivity contribution in [3.8, 4) is 5.75 Å². The van der Waals surface area contributed by atoms with Gasteiger partial charge in [-0.05, 0) is 44.0 Å². The molecule has 0 saturated heterocycles. The minimum Gasteiger partial charge on any atom is -0.465 e. The summed E-state index contributed by atoms with van der Waals surface area (Å²) in [4.78, 5) is 12.2. The molecular formula is C14H18ClFNO4P. The Morgan fingerprint density at radius 2 is 1.95 bits per heavy atom. The third kappa shape index (κ3) is 4.22. The highest BCUT2D eigenvalue weighted by molar-refractivity contribution is 7.84. The van der Waals surface area contributed by atoms with Crippen molar-refractivity contribution in [2.75, 3.05) is 6.61 Å². The number of halogens is 2. The molecule has 1 saturated carbocycles. The zero-order valence-electron chi connectivity index (χ0n) is 12.2. The Morgan fingerprint density at radius 3 is 2.50 bits per heavy atom.